The standard InChI is InChI=1S/C30H48O6Si2/c1-29(2,3)37(8,9)35-27-22(13-12-21-16-23(18-31)25(20-33)24(17-21)19-32)14-15-26(34-7)28(27)36-38(10,11)30(4,5)6/h12-17,31-33H,18-20H2,1-11H3/b13-12-. The first kappa shape index (κ1) is 32.1. The molecule has 6 nitrogen and oxygen atoms in total. The molecule has 3 N–H and O–H groups in total. The zero-order chi connectivity index (χ0) is 29.1. The SMILES string of the molecule is COc1ccc(/C=C\c2cc(CO)c(CO)c(CO)c2)c(O[Si](C)(C)C(C)(C)C)c1O[Si](C)(C)C(C)(C)C. The summed E-state index contributed by atoms with van der Waals surface area (Å²) in [6, 6.07) is 7.53. The molecular formula is C30H48O6Si2. The molecule has 0 aromatic heterocycles. The molecule has 0 aliphatic carbocycles. The van der Waals surface area contributed by atoms with E-state index >= 15 is 0 Å². The summed E-state index contributed by atoms with van der Waals surface area (Å²) < 4.78 is 19.6. The summed E-state index contributed by atoms with van der Waals surface area (Å²) in [5.74, 6) is 1.95. The Hall–Kier alpha value is -2.11. The lowest BCUT2D eigenvalue weighted by Crippen LogP contribution is -2.46. The first-order valence-corrected chi connectivity index (χ1v) is 19.0. The smallest absolute Gasteiger partial charge is 0.250 e. The van der Waals surface area contributed by atoms with E-state index in [1.165, 1.54) is 0 Å². The zero-order valence-corrected chi connectivity index (χ0v) is 27.2. The van der Waals surface area contributed by atoms with Crippen LogP contribution < -0.4 is 13.6 Å². The monoisotopic (exact) mass is 560 g/mol. The fraction of sp³-hybridized carbons (Fsp3) is 0.533. The van der Waals surface area contributed by atoms with Gasteiger partial charge >= 0.3 is 0 Å². The van der Waals surface area contributed by atoms with E-state index in [1.54, 1.807) is 7.11 Å². The van der Waals surface area contributed by atoms with E-state index in [0.29, 0.717) is 33.9 Å². The second kappa shape index (κ2) is 12.0. The van der Waals surface area contributed by atoms with Gasteiger partial charge in [-0.3, -0.25) is 0 Å². The van der Waals surface area contributed by atoms with Crippen molar-refractivity contribution in [2.75, 3.05) is 7.11 Å². The minimum absolute atomic E-state index is 0.0199. The first-order chi connectivity index (χ1) is 17.4. The summed E-state index contributed by atoms with van der Waals surface area (Å²) in [5, 5.41) is 29.3. The molecule has 0 heterocycles. The lowest BCUT2D eigenvalue weighted by molar-refractivity contribution is 0.247. The van der Waals surface area contributed by atoms with E-state index in [1.807, 2.05) is 36.4 Å². The molecule has 0 amide bonds. The van der Waals surface area contributed by atoms with Gasteiger partial charge in [0.2, 0.25) is 0 Å². The summed E-state index contributed by atoms with van der Waals surface area (Å²) in [6.07, 6.45) is 3.90. The van der Waals surface area contributed by atoms with Gasteiger partial charge < -0.3 is 28.9 Å². The Kier molecular flexibility index (Phi) is 10.1. The minimum atomic E-state index is -2.26. The number of benzene rings is 2. The number of aliphatic hydroxyl groups excluding tert-OH is 3. The molecule has 212 valence electrons. The molecule has 0 unspecified atom stereocenters. The normalized spacial score (nSPS) is 13.2. The van der Waals surface area contributed by atoms with Crippen LogP contribution in [0.25, 0.3) is 12.2 Å². The maximum absolute atomic E-state index is 9.84. The third kappa shape index (κ3) is 7.10. The van der Waals surface area contributed by atoms with Crippen LogP contribution in [0.4, 0.5) is 0 Å². The number of ether oxygens (including phenoxy) is 1. The van der Waals surface area contributed by atoms with Crippen LogP contribution >= 0.6 is 0 Å². The Balaban J connectivity index is 2.77. The summed E-state index contributed by atoms with van der Waals surface area (Å²) >= 11 is 0. The van der Waals surface area contributed by atoms with Crippen LogP contribution in [0, 0.1) is 0 Å². The van der Waals surface area contributed by atoms with Crippen molar-refractivity contribution >= 4 is 28.8 Å². The fourth-order valence-electron chi connectivity index (χ4n) is 3.46. The molecule has 0 atom stereocenters. The summed E-state index contributed by atoms with van der Waals surface area (Å²) in [7, 11) is -2.85. The summed E-state index contributed by atoms with van der Waals surface area (Å²) in [6.45, 7) is 21.4. The second-order valence-corrected chi connectivity index (χ2v) is 22.3. The predicted molar refractivity (Wildman–Crippen MR) is 162 cm³/mol. The number of hydrogen-bond donors (Lipinski definition) is 3. The van der Waals surface area contributed by atoms with Gasteiger partial charge in [0.15, 0.2) is 17.2 Å². The molecule has 0 saturated carbocycles. The maximum atomic E-state index is 9.84. The quantitative estimate of drug-likeness (QED) is 0.212. The predicted octanol–water partition coefficient (Wildman–Crippen LogP) is 7.11. The fourth-order valence-corrected chi connectivity index (χ4v) is 5.50. The highest BCUT2D eigenvalue weighted by atomic mass is 28.4. The van der Waals surface area contributed by atoms with Crippen molar-refractivity contribution < 1.29 is 28.9 Å². The van der Waals surface area contributed by atoms with E-state index in [0.717, 1.165) is 11.1 Å². The Morgan fingerprint density at radius 2 is 1.18 bits per heavy atom. The van der Waals surface area contributed by atoms with Crippen LogP contribution in [0.1, 0.15) is 69.4 Å². The van der Waals surface area contributed by atoms with Crippen molar-refractivity contribution in [1.29, 1.82) is 0 Å². The number of hydrogen-bond acceptors (Lipinski definition) is 6. The Morgan fingerprint density at radius 1 is 0.711 bits per heavy atom. The second-order valence-electron chi connectivity index (χ2n) is 12.9. The third-order valence-corrected chi connectivity index (χ3v) is 16.7. The van der Waals surface area contributed by atoms with E-state index in [2.05, 4.69) is 67.7 Å². The van der Waals surface area contributed by atoms with Gasteiger partial charge in [-0.25, -0.2) is 0 Å². The summed E-state index contributed by atoms with van der Waals surface area (Å²) in [5.41, 5.74) is 3.40. The van der Waals surface area contributed by atoms with Crippen molar-refractivity contribution in [3.05, 3.63) is 52.1 Å². The average Bonchev–Trinajstić information content (AvgIpc) is 2.81. The lowest BCUT2D eigenvalue weighted by Gasteiger charge is -2.40. The highest BCUT2D eigenvalue weighted by molar-refractivity contribution is 6.75. The van der Waals surface area contributed by atoms with Gasteiger partial charge in [0, 0.05) is 5.56 Å². The molecule has 2 aromatic carbocycles. The van der Waals surface area contributed by atoms with Crippen LogP contribution in [-0.2, 0) is 19.8 Å². The Labute approximate surface area is 231 Å². The van der Waals surface area contributed by atoms with Crippen LogP contribution in [0.3, 0.4) is 0 Å². The number of methoxy groups -OCH3 is 1. The average molecular weight is 561 g/mol. The van der Waals surface area contributed by atoms with Crippen LogP contribution in [0.2, 0.25) is 36.3 Å². The zero-order valence-electron chi connectivity index (χ0n) is 25.2. The van der Waals surface area contributed by atoms with Crippen molar-refractivity contribution in [3.8, 4) is 17.2 Å². The maximum Gasteiger partial charge on any atom is 0.250 e. The molecular weight excluding hydrogens is 512 g/mol. The number of aliphatic hydroxyl groups is 3. The van der Waals surface area contributed by atoms with Crippen LogP contribution in [0.15, 0.2) is 24.3 Å². The van der Waals surface area contributed by atoms with Crippen LogP contribution in [0.5, 0.6) is 17.2 Å². The molecule has 0 aliphatic heterocycles. The topological polar surface area (TPSA) is 88.4 Å². The van der Waals surface area contributed by atoms with Gasteiger partial charge in [-0.2, -0.15) is 0 Å². The molecule has 0 fully saturated rings. The lowest BCUT2D eigenvalue weighted by atomic mass is 9.98. The molecule has 0 spiro atoms. The molecule has 38 heavy (non-hydrogen) atoms. The largest absolute Gasteiger partial charge is 0.541 e. The van der Waals surface area contributed by atoms with Gasteiger partial charge in [0.25, 0.3) is 16.6 Å². The Bertz CT molecular complexity index is 1120. The van der Waals surface area contributed by atoms with Gasteiger partial charge in [0.05, 0.1) is 26.9 Å². The van der Waals surface area contributed by atoms with Crippen molar-refractivity contribution in [1.82, 2.24) is 0 Å². The van der Waals surface area contributed by atoms with Gasteiger partial charge in [-0.1, -0.05) is 53.7 Å². The van der Waals surface area contributed by atoms with E-state index in [9.17, 15) is 15.3 Å². The molecule has 0 saturated heterocycles. The molecule has 0 aliphatic rings. The highest BCUT2D eigenvalue weighted by Gasteiger charge is 2.43. The van der Waals surface area contributed by atoms with E-state index in [4.69, 9.17) is 13.6 Å². The van der Waals surface area contributed by atoms with Gasteiger partial charge in [-0.15, -0.1) is 0 Å². The van der Waals surface area contributed by atoms with Gasteiger partial charge in [0.1, 0.15) is 0 Å². The van der Waals surface area contributed by atoms with Gasteiger partial charge in [-0.05, 0) is 82.8 Å². The molecule has 8 heteroatoms. The van der Waals surface area contributed by atoms with E-state index in [-0.39, 0.29) is 29.9 Å². The highest BCUT2D eigenvalue weighted by Crippen LogP contribution is 2.49. The van der Waals surface area contributed by atoms with Crippen molar-refractivity contribution in [3.63, 3.8) is 0 Å². The molecule has 2 rings (SSSR count). The molecule has 0 bridgehead atoms. The first-order valence-electron chi connectivity index (χ1n) is 13.2. The van der Waals surface area contributed by atoms with E-state index < -0.39 is 16.6 Å². The van der Waals surface area contributed by atoms with Crippen molar-refractivity contribution in [2.45, 2.75) is 97.6 Å². The summed E-state index contributed by atoms with van der Waals surface area (Å²) in [4.78, 5) is 0. The molecule has 2 aromatic rings. The minimum Gasteiger partial charge on any atom is -0.541 e. The third-order valence-electron chi connectivity index (χ3n) is 8.06. The Morgan fingerprint density at radius 3 is 1.58 bits per heavy atom. The number of rotatable bonds is 10. The van der Waals surface area contributed by atoms with Crippen LogP contribution in [-0.4, -0.2) is 39.1 Å². The molecule has 0 radical (unpaired) electrons. The van der Waals surface area contributed by atoms with Crippen molar-refractivity contribution in [2.24, 2.45) is 0 Å².